The third-order valence-corrected chi connectivity index (χ3v) is 3.01. The third-order valence-electron chi connectivity index (χ3n) is 2.51. The van der Waals surface area contributed by atoms with E-state index in [1.165, 1.54) is 13.2 Å². The molecule has 98 valence electrons. The van der Waals surface area contributed by atoms with E-state index in [2.05, 4.69) is 20.9 Å². The second-order valence-electron chi connectivity index (χ2n) is 3.82. The van der Waals surface area contributed by atoms with Gasteiger partial charge in [-0.15, -0.1) is 0 Å². The summed E-state index contributed by atoms with van der Waals surface area (Å²) in [5.41, 5.74) is -0.329. The fourth-order valence-electron chi connectivity index (χ4n) is 1.52. The Morgan fingerprint density at radius 3 is 2.68 bits per heavy atom. The summed E-state index contributed by atoms with van der Waals surface area (Å²) in [5, 5.41) is 0. The van der Waals surface area contributed by atoms with Gasteiger partial charge in [-0.05, 0) is 30.3 Å². The molecule has 19 heavy (non-hydrogen) atoms. The molecule has 2 aromatic rings. The molecule has 0 bridgehead atoms. The number of carbonyl (C=O) groups is 1. The van der Waals surface area contributed by atoms with Crippen molar-refractivity contribution in [2.24, 2.45) is 0 Å². The molecule has 0 saturated heterocycles. The Hall–Kier alpha value is -1.82. The molecule has 0 N–H and O–H groups in total. The number of aromatic nitrogens is 1. The summed E-state index contributed by atoms with van der Waals surface area (Å²) < 4.78 is 27.3. The zero-order valence-corrected chi connectivity index (χ0v) is 11.5. The van der Waals surface area contributed by atoms with Crippen LogP contribution in [0.2, 0.25) is 0 Å². The number of rotatable bonds is 2. The minimum absolute atomic E-state index is 0.329. The molecule has 1 aromatic carbocycles. The number of pyridine rings is 1. The molecule has 0 aliphatic heterocycles. The molecule has 0 aliphatic rings. The van der Waals surface area contributed by atoms with Gasteiger partial charge in [0.15, 0.2) is 0 Å². The van der Waals surface area contributed by atoms with Gasteiger partial charge in [0.1, 0.15) is 17.5 Å². The highest BCUT2D eigenvalue weighted by Gasteiger charge is 2.19. The van der Waals surface area contributed by atoms with Crippen molar-refractivity contribution in [3.63, 3.8) is 0 Å². The lowest BCUT2D eigenvalue weighted by Crippen LogP contribution is -2.28. The maximum atomic E-state index is 13.5. The Labute approximate surface area is 117 Å². The molecule has 0 aliphatic carbocycles. The van der Waals surface area contributed by atoms with Gasteiger partial charge in [0.2, 0.25) is 0 Å². The second kappa shape index (κ2) is 5.44. The van der Waals surface area contributed by atoms with Crippen LogP contribution in [0.4, 0.5) is 14.6 Å². The Morgan fingerprint density at radius 2 is 2.00 bits per heavy atom. The summed E-state index contributed by atoms with van der Waals surface area (Å²) in [4.78, 5) is 17.2. The van der Waals surface area contributed by atoms with Crippen LogP contribution in [-0.4, -0.2) is 17.9 Å². The van der Waals surface area contributed by atoms with E-state index in [-0.39, 0.29) is 5.56 Å². The van der Waals surface area contributed by atoms with E-state index in [9.17, 15) is 13.6 Å². The van der Waals surface area contributed by atoms with E-state index in [0.717, 1.165) is 27.6 Å². The summed E-state index contributed by atoms with van der Waals surface area (Å²) in [7, 11) is 1.45. The van der Waals surface area contributed by atoms with E-state index in [0.29, 0.717) is 5.82 Å². The van der Waals surface area contributed by atoms with Gasteiger partial charge in [-0.25, -0.2) is 13.8 Å². The highest BCUT2D eigenvalue weighted by atomic mass is 79.9. The number of anilines is 1. The van der Waals surface area contributed by atoms with Crippen molar-refractivity contribution in [3.8, 4) is 0 Å². The number of amides is 1. The zero-order chi connectivity index (χ0) is 14.0. The predicted molar refractivity (Wildman–Crippen MR) is 71.0 cm³/mol. The summed E-state index contributed by atoms with van der Waals surface area (Å²) >= 11 is 3.25. The summed E-state index contributed by atoms with van der Waals surface area (Å²) in [6.07, 6.45) is 1.51. The van der Waals surface area contributed by atoms with Crippen LogP contribution in [-0.2, 0) is 0 Å². The van der Waals surface area contributed by atoms with E-state index >= 15 is 0 Å². The smallest absolute Gasteiger partial charge is 0.262 e. The lowest BCUT2D eigenvalue weighted by molar-refractivity contribution is 0.0988. The lowest BCUT2D eigenvalue weighted by Gasteiger charge is -2.16. The van der Waals surface area contributed by atoms with Gasteiger partial charge < -0.3 is 0 Å². The number of halogens is 3. The number of hydrogen-bond donors (Lipinski definition) is 0. The van der Waals surface area contributed by atoms with Crippen molar-refractivity contribution in [2.75, 3.05) is 11.9 Å². The van der Waals surface area contributed by atoms with Crippen molar-refractivity contribution < 1.29 is 13.6 Å². The minimum atomic E-state index is -0.770. The minimum Gasteiger partial charge on any atom is -0.296 e. The first-order valence-corrected chi connectivity index (χ1v) is 6.13. The monoisotopic (exact) mass is 326 g/mol. The van der Waals surface area contributed by atoms with Crippen molar-refractivity contribution in [1.82, 2.24) is 4.98 Å². The second-order valence-corrected chi connectivity index (χ2v) is 4.74. The van der Waals surface area contributed by atoms with Gasteiger partial charge >= 0.3 is 0 Å². The Morgan fingerprint density at radius 1 is 1.26 bits per heavy atom. The van der Waals surface area contributed by atoms with Gasteiger partial charge in [-0.1, -0.05) is 15.9 Å². The van der Waals surface area contributed by atoms with Gasteiger partial charge in [-0.3, -0.25) is 9.69 Å². The molecule has 0 saturated carbocycles. The molecule has 0 spiro atoms. The number of nitrogens with zero attached hydrogens (tertiary/aromatic N) is 2. The predicted octanol–water partition coefficient (Wildman–Crippen LogP) is 3.40. The standard InChI is InChI=1S/C13H9BrF2N2O/c1-18(12-6-8(14)4-5-17-12)13(19)10-7-9(15)2-3-11(10)16/h2-7H,1H3. The van der Waals surface area contributed by atoms with Crippen molar-refractivity contribution in [3.05, 3.63) is 58.2 Å². The highest BCUT2D eigenvalue weighted by Crippen LogP contribution is 2.19. The first-order chi connectivity index (χ1) is 8.99. The SMILES string of the molecule is CN(C(=O)c1cc(F)ccc1F)c1cc(Br)ccn1. The first kappa shape index (κ1) is 13.6. The van der Waals surface area contributed by atoms with Crippen molar-refractivity contribution in [1.29, 1.82) is 0 Å². The molecule has 0 fully saturated rings. The summed E-state index contributed by atoms with van der Waals surface area (Å²) in [5.74, 6) is -1.76. The topological polar surface area (TPSA) is 33.2 Å². The van der Waals surface area contributed by atoms with Crippen LogP contribution >= 0.6 is 15.9 Å². The molecule has 0 radical (unpaired) electrons. The molecular weight excluding hydrogens is 318 g/mol. The van der Waals surface area contributed by atoms with E-state index in [1.54, 1.807) is 12.1 Å². The van der Waals surface area contributed by atoms with Crippen LogP contribution in [0.15, 0.2) is 41.0 Å². The average Bonchev–Trinajstić information content (AvgIpc) is 2.40. The lowest BCUT2D eigenvalue weighted by atomic mass is 10.2. The van der Waals surface area contributed by atoms with E-state index < -0.39 is 17.5 Å². The summed E-state index contributed by atoms with van der Waals surface area (Å²) in [6.45, 7) is 0. The average molecular weight is 327 g/mol. The Balaban J connectivity index is 2.36. The van der Waals surface area contributed by atoms with Crippen LogP contribution in [0.1, 0.15) is 10.4 Å². The fourth-order valence-corrected chi connectivity index (χ4v) is 1.85. The molecule has 2 rings (SSSR count). The first-order valence-electron chi connectivity index (χ1n) is 5.33. The van der Waals surface area contributed by atoms with Crippen LogP contribution in [0.5, 0.6) is 0 Å². The zero-order valence-electron chi connectivity index (χ0n) is 9.90. The van der Waals surface area contributed by atoms with Crippen LogP contribution < -0.4 is 4.90 Å². The molecule has 1 amide bonds. The summed E-state index contributed by atoms with van der Waals surface area (Å²) in [6, 6.07) is 6.06. The van der Waals surface area contributed by atoms with Gasteiger partial charge in [-0.2, -0.15) is 0 Å². The quantitative estimate of drug-likeness (QED) is 0.847. The molecular formula is C13H9BrF2N2O. The largest absolute Gasteiger partial charge is 0.296 e. The maximum absolute atomic E-state index is 13.5. The van der Waals surface area contributed by atoms with Crippen LogP contribution in [0, 0.1) is 11.6 Å². The van der Waals surface area contributed by atoms with Gasteiger partial charge in [0.25, 0.3) is 5.91 Å². The third kappa shape index (κ3) is 2.96. The molecule has 0 atom stereocenters. The number of benzene rings is 1. The molecule has 1 heterocycles. The van der Waals surface area contributed by atoms with E-state index in [4.69, 9.17) is 0 Å². The molecule has 0 unspecified atom stereocenters. The van der Waals surface area contributed by atoms with Gasteiger partial charge in [0, 0.05) is 17.7 Å². The normalized spacial score (nSPS) is 10.3. The maximum Gasteiger partial charge on any atom is 0.262 e. The Kier molecular flexibility index (Phi) is 3.90. The molecule has 3 nitrogen and oxygen atoms in total. The van der Waals surface area contributed by atoms with Crippen LogP contribution in [0.3, 0.4) is 0 Å². The van der Waals surface area contributed by atoms with Gasteiger partial charge in [0.05, 0.1) is 5.56 Å². The molecule has 6 heteroatoms. The number of hydrogen-bond acceptors (Lipinski definition) is 2. The van der Waals surface area contributed by atoms with Crippen molar-refractivity contribution >= 4 is 27.7 Å². The van der Waals surface area contributed by atoms with E-state index in [1.807, 2.05) is 0 Å². The van der Waals surface area contributed by atoms with Crippen LogP contribution in [0.25, 0.3) is 0 Å². The number of carbonyl (C=O) groups excluding carboxylic acids is 1. The Bertz CT molecular complexity index is 634. The fraction of sp³-hybridized carbons (Fsp3) is 0.0769. The highest BCUT2D eigenvalue weighted by molar-refractivity contribution is 9.10. The van der Waals surface area contributed by atoms with Crippen molar-refractivity contribution in [2.45, 2.75) is 0 Å². The molecule has 1 aromatic heterocycles.